The molecule has 2 rings (SSSR count). The Morgan fingerprint density at radius 2 is 1.90 bits per heavy atom. The number of benzene rings is 1. The predicted octanol–water partition coefficient (Wildman–Crippen LogP) is 3.36. The molecule has 0 atom stereocenters. The maximum absolute atomic E-state index is 11.9. The molecule has 1 aromatic carbocycles. The summed E-state index contributed by atoms with van der Waals surface area (Å²) < 4.78 is 5.10. The van der Waals surface area contributed by atoms with Crippen molar-refractivity contribution in [1.29, 1.82) is 0 Å². The van der Waals surface area contributed by atoms with E-state index in [-0.39, 0.29) is 5.91 Å². The Hall–Kier alpha value is -2.36. The van der Waals surface area contributed by atoms with E-state index in [2.05, 4.69) is 16.6 Å². The number of rotatable bonds is 3. The second kappa shape index (κ2) is 5.74. The first-order chi connectivity index (χ1) is 9.49. The third-order valence-corrected chi connectivity index (χ3v) is 3.20. The lowest BCUT2D eigenvalue weighted by Gasteiger charge is -2.07. The van der Waals surface area contributed by atoms with Crippen molar-refractivity contribution in [2.45, 2.75) is 27.7 Å². The van der Waals surface area contributed by atoms with Crippen molar-refractivity contribution in [3.8, 4) is 0 Å². The van der Waals surface area contributed by atoms with Gasteiger partial charge in [0.1, 0.15) is 5.76 Å². The maximum Gasteiger partial charge on any atom is 0.274 e. The fourth-order valence-electron chi connectivity index (χ4n) is 2.10. The van der Waals surface area contributed by atoms with Crippen LogP contribution in [-0.2, 0) is 0 Å². The Morgan fingerprint density at radius 3 is 2.50 bits per heavy atom. The van der Waals surface area contributed by atoms with E-state index >= 15 is 0 Å². The first-order valence-electron chi connectivity index (χ1n) is 6.45. The summed E-state index contributed by atoms with van der Waals surface area (Å²) in [5.41, 5.74) is 7.20. The molecule has 1 N–H and O–H groups in total. The molecule has 0 aliphatic rings. The molecule has 20 heavy (non-hydrogen) atoms. The summed E-state index contributed by atoms with van der Waals surface area (Å²) in [5.74, 6) is 0.322. The Morgan fingerprint density at radius 1 is 1.15 bits per heavy atom. The van der Waals surface area contributed by atoms with Crippen LogP contribution in [0.2, 0.25) is 0 Å². The van der Waals surface area contributed by atoms with Crippen LogP contribution in [0.3, 0.4) is 0 Å². The smallest absolute Gasteiger partial charge is 0.274 e. The average molecular weight is 270 g/mol. The predicted molar refractivity (Wildman–Crippen MR) is 79.0 cm³/mol. The zero-order valence-electron chi connectivity index (χ0n) is 12.2. The van der Waals surface area contributed by atoms with Gasteiger partial charge in [-0.25, -0.2) is 5.43 Å². The molecular formula is C16H18N2O2. The van der Waals surface area contributed by atoms with Gasteiger partial charge in [0.15, 0.2) is 0 Å². The van der Waals surface area contributed by atoms with Crippen LogP contribution in [0.4, 0.5) is 0 Å². The van der Waals surface area contributed by atoms with Gasteiger partial charge < -0.3 is 4.42 Å². The molecule has 0 spiro atoms. The molecule has 0 aliphatic heterocycles. The minimum Gasteiger partial charge on any atom is -0.469 e. The number of amides is 1. The molecular weight excluding hydrogens is 252 g/mol. The molecule has 0 radical (unpaired) electrons. The molecule has 2 aromatic rings. The fraction of sp³-hybridized carbons (Fsp3) is 0.250. The molecule has 4 nitrogen and oxygen atoms in total. The van der Waals surface area contributed by atoms with E-state index in [0.717, 1.165) is 16.8 Å². The van der Waals surface area contributed by atoms with Gasteiger partial charge in [-0.15, -0.1) is 0 Å². The molecule has 4 heteroatoms. The quantitative estimate of drug-likeness (QED) is 0.686. The van der Waals surface area contributed by atoms with Gasteiger partial charge in [-0.2, -0.15) is 5.10 Å². The highest BCUT2D eigenvalue weighted by Crippen LogP contribution is 2.12. The number of hydrogen-bond donors (Lipinski definition) is 1. The monoisotopic (exact) mass is 270 g/mol. The second-order valence-electron chi connectivity index (χ2n) is 4.85. The minimum atomic E-state index is -0.264. The van der Waals surface area contributed by atoms with Gasteiger partial charge in [0.2, 0.25) is 0 Å². The van der Waals surface area contributed by atoms with E-state index in [4.69, 9.17) is 4.42 Å². The Bertz CT molecular complexity index is 669. The van der Waals surface area contributed by atoms with Crippen molar-refractivity contribution >= 4 is 11.6 Å². The number of furan rings is 1. The molecule has 1 aromatic heterocycles. The van der Waals surface area contributed by atoms with Crippen LogP contribution in [0.1, 0.15) is 39.7 Å². The molecule has 1 heterocycles. The third-order valence-electron chi connectivity index (χ3n) is 3.20. The maximum atomic E-state index is 11.9. The highest BCUT2D eigenvalue weighted by molar-refractivity contribution is 6.02. The molecule has 0 saturated heterocycles. The zero-order valence-corrected chi connectivity index (χ0v) is 12.2. The lowest BCUT2D eigenvalue weighted by molar-refractivity contribution is 0.0953. The van der Waals surface area contributed by atoms with Gasteiger partial charge in [-0.1, -0.05) is 23.8 Å². The molecule has 1 amide bonds. The van der Waals surface area contributed by atoms with E-state index in [9.17, 15) is 4.79 Å². The first-order valence-corrected chi connectivity index (χ1v) is 6.45. The minimum absolute atomic E-state index is 0.264. The topological polar surface area (TPSA) is 54.6 Å². The number of carbonyl (C=O) groups is 1. The summed E-state index contributed by atoms with van der Waals surface area (Å²) in [5, 5.41) is 4.16. The number of nitrogens with zero attached hydrogens (tertiary/aromatic N) is 1. The highest BCUT2D eigenvalue weighted by atomic mass is 16.3. The van der Waals surface area contributed by atoms with E-state index in [1.807, 2.05) is 32.9 Å². The summed E-state index contributed by atoms with van der Waals surface area (Å²) in [6.45, 7) is 7.70. The van der Waals surface area contributed by atoms with Crippen molar-refractivity contribution in [3.05, 3.63) is 58.5 Å². The number of hydrazone groups is 1. The number of hydrogen-bond acceptors (Lipinski definition) is 3. The van der Waals surface area contributed by atoms with Crippen molar-refractivity contribution in [2.24, 2.45) is 5.10 Å². The third kappa shape index (κ3) is 2.96. The average Bonchev–Trinajstić information content (AvgIpc) is 2.82. The van der Waals surface area contributed by atoms with Gasteiger partial charge >= 0.3 is 0 Å². The van der Waals surface area contributed by atoms with Gasteiger partial charge in [0, 0.05) is 5.56 Å². The van der Waals surface area contributed by atoms with Crippen molar-refractivity contribution in [3.63, 3.8) is 0 Å². The molecule has 0 bridgehead atoms. The molecule has 0 fully saturated rings. The normalized spacial score (nSPS) is 11.5. The number of carbonyl (C=O) groups excluding carboxylic acids is 1. The van der Waals surface area contributed by atoms with Gasteiger partial charge in [0.25, 0.3) is 5.91 Å². The second-order valence-corrected chi connectivity index (χ2v) is 4.85. The van der Waals surface area contributed by atoms with Gasteiger partial charge in [0.05, 0.1) is 17.5 Å². The van der Waals surface area contributed by atoms with E-state index in [1.165, 1.54) is 11.8 Å². The highest BCUT2D eigenvalue weighted by Gasteiger charge is 2.10. The zero-order chi connectivity index (χ0) is 14.7. The summed E-state index contributed by atoms with van der Waals surface area (Å²) in [4.78, 5) is 11.9. The largest absolute Gasteiger partial charge is 0.469 e. The van der Waals surface area contributed by atoms with Crippen molar-refractivity contribution < 1.29 is 9.21 Å². The van der Waals surface area contributed by atoms with Crippen LogP contribution in [0.15, 0.2) is 40.0 Å². The molecule has 104 valence electrons. The molecule has 0 unspecified atom stereocenters. The Labute approximate surface area is 118 Å². The number of nitrogens with one attached hydrogen (secondary N) is 1. The van der Waals surface area contributed by atoms with E-state index in [1.54, 1.807) is 13.0 Å². The van der Waals surface area contributed by atoms with E-state index in [0.29, 0.717) is 11.3 Å². The fourth-order valence-corrected chi connectivity index (χ4v) is 2.10. The Balaban J connectivity index is 2.15. The lowest BCUT2D eigenvalue weighted by atomic mass is 10.0. The summed E-state index contributed by atoms with van der Waals surface area (Å²) in [6, 6.07) is 7.77. The summed E-state index contributed by atoms with van der Waals surface area (Å²) in [6.07, 6.45) is 1.49. The van der Waals surface area contributed by atoms with Gasteiger partial charge in [-0.05, 0) is 39.3 Å². The first kappa shape index (κ1) is 14.1. The standard InChI is InChI=1S/C16H18N2O2/c1-10-5-6-14(11(2)9-10)12(3)17-18-16(19)15-7-8-20-13(15)4/h5-9H,1-4H3,(H,18,19). The van der Waals surface area contributed by atoms with Crippen LogP contribution in [0, 0.1) is 20.8 Å². The molecule has 0 aliphatic carbocycles. The van der Waals surface area contributed by atoms with Crippen LogP contribution in [-0.4, -0.2) is 11.6 Å². The van der Waals surface area contributed by atoms with E-state index < -0.39 is 0 Å². The lowest BCUT2D eigenvalue weighted by Crippen LogP contribution is -2.19. The summed E-state index contributed by atoms with van der Waals surface area (Å²) in [7, 11) is 0. The number of aryl methyl sites for hydroxylation is 3. The Kier molecular flexibility index (Phi) is 4.03. The van der Waals surface area contributed by atoms with Crippen LogP contribution < -0.4 is 5.43 Å². The van der Waals surface area contributed by atoms with Crippen LogP contribution in [0.5, 0.6) is 0 Å². The van der Waals surface area contributed by atoms with Crippen LogP contribution in [0.25, 0.3) is 0 Å². The summed E-state index contributed by atoms with van der Waals surface area (Å²) >= 11 is 0. The SMILES string of the molecule is CC(=NNC(=O)c1ccoc1C)c1ccc(C)cc1C. The van der Waals surface area contributed by atoms with Gasteiger partial charge in [-0.3, -0.25) is 4.79 Å². The molecule has 0 saturated carbocycles. The van der Waals surface area contributed by atoms with Crippen molar-refractivity contribution in [2.75, 3.05) is 0 Å². The van der Waals surface area contributed by atoms with Crippen molar-refractivity contribution in [1.82, 2.24) is 5.43 Å². The van der Waals surface area contributed by atoms with Crippen LogP contribution >= 0.6 is 0 Å².